The Bertz CT molecular complexity index is 678. The van der Waals surface area contributed by atoms with Crippen LogP contribution in [-0.2, 0) is 4.79 Å². The van der Waals surface area contributed by atoms with Crippen LogP contribution in [0.2, 0.25) is 0 Å². The molecule has 112 valence electrons. The van der Waals surface area contributed by atoms with Gasteiger partial charge in [0.1, 0.15) is 11.5 Å². The molecule has 0 saturated heterocycles. The summed E-state index contributed by atoms with van der Waals surface area (Å²) in [6.07, 6.45) is 6.55. The zero-order valence-corrected chi connectivity index (χ0v) is 12.6. The van der Waals surface area contributed by atoms with Gasteiger partial charge in [-0.15, -0.1) is 0 Å². The Morgan fingerprint density at radius 1 is 1.18 bits per heavy atom. The molecule has 3 aromatic rings. The van der Waals surface area contributed by atoms with Crippen LogP contribution in [0.4, 0.5) is 0 Å². The van der Waals surface area contributed by atoms with E-state index in [1.54, 1.807) is 29.9 Å². The van der Waals surface area contributed by atoms with E-state index in [9.17, 15) is 4.79 Å². The minimum atomic E-state index is -0.144. The lowest BCUT2D eigenvalue weighted by Gasteiger charge is -2.12. The number of carbonyl (C=O) groups is 1. The van der Waals surface area contributed by atoms with Crippen LogP contribution in [0.25, 0.3) is 6.08 Å². The summed E-state index contributed by atoms with van der Waals surface area (Å²) in [4.78, 5) is 11.9. The number of amides is 1. The summed E-state index contributed by atoms with van der Waals surface area (Å²) in [5, 5.41) is 6.84. The Balaban J connectivity index is 1.63. The fourth-order valence-corrected chi connectivity index (χ4v) is 2.75. The van der Waals surface area contributed by atoms with Gasteiger partial charge in [-0.1, -0.05) is 0 Å². The Morgan fingerprint density at radius 2 is 1.91 bits per heavy atom. The maximum atomic E-state index is 11.9. The quantitative estimate of drug-likeness (QED) is 0.702. The fourth-order valence-electron chi connectivity index (χ4n) is 2.12. The number of rotatable bonds is 6. The molecule has 0 fully saturated rings. The van der Waals surface area contributed by atoms with Crippen molar-refractivity contribution in [2.24, 2.45) is 0 Å². The normalized spacial score (nSPS) is 11.3. The fraction of sp³-hybridized carbons (Fsp3) is 0.118. The van der Waals surface area contributed by atoms with Crippen molar-refractivity contribution in [1.29, 1.82) is 0 Å². The maximum absolute atomic E-state index is 11.9. The molecule has 3 rings (SSSR count). The number of furan rings is 2. The highest BCUT2D eigenvalue weighted by molar-refractivity contribution is 7.08. The highest BCUT2D eigenvalue weighted by Gasteiger charge is 2.20. The van der Waals surface area contributed by atoms with E-state index in [-0.39, 0.29) is 11.8 Å². The molecule has 22 heavy (non-hydrogen) atoms. The third-order valence-electron chi connectivity index (χ3n) is 3.22. The molecular weight excluding hydrogens is 298 g/mol. The smallest absolute Gasteiger partial charge is 0.244 e. The highest BCUT2D eigenvalue weighted by Crippen LogP contribution is 2.24. The lowest BCUT2D eigenvalue weighted by atomic mass is 10.0. The van der Waals surface area contributed by atoms with Crippen LogP contribution in [0, 0.1) is 0 Å². The van der Waals surface area contributed by atoms with E-state index in [0.29, 0.717) is 6.54 Å². The van der Waals surface area contributed by atoms with Crippen LogP contribution >= 0.6 is 11.3 Å². The number of hydrogen-bond donors (Lipinski definition) is 1. The molecule has 5 heteroatoms. The summed E-state index contributed by atoms with van der Waals surface area (Å²) in [6, 6.07) is 9.36. The van der Waals surface area contributed by atoms with Crippen LogP contribution in [0.1, 0.15) is 23.0 Å². The van der Waals surface area contributed by atoms with Crippen molar-refractivity contribution in [2.75, 3.05) is 6.54 Å². The molecule has 0 unspecified atom stereocenters. The molecule has 3 aromatic heterocycles. The second-order valence-corrected chi connectivity index (χ2v) is 5.50. The second kappa shape index (κ2) is 6.95. The Morgan fingerprint density at radius 3 is 2.45 bits per heavy atom. The molecule has 0 radical (unpaired) electrons. The standard InChI is InChI=1S/C17H15NO3S/c19-17(6-5-13-7-10-22-12-13)18-11-14(15-3-1-8-20-15)16-4-2-9-21-16/h1-10,12,14H,11H2,(H,18,19). The molecule has 0 aliphatic heterocycles. The lowest BCUT2D eigenvalue weighted by molar-refractivity contribution is -0.116. The van der Waals surface area contributed by atoms with Crippen molar-refractivity contribution < 1.29 is 13.6 Å². The molecule has 0 aliphatic rings. The van der Waals surface area contributed by atoms with Gasteiger partial charge in [0, 0.05) is 12.6 Å². The highest BCUT2D eigenvalue weighted by atomic mass is 32.1. The maximum Gasteiger partial charge on any atom is 0.244 e. The molecule has 0 aliphatic carbocycles. The van der Waals surface area contributed by atoms with Crippen LogP contribution in [-0.4, -0.2) is 12.5 Å². The van der Waals surface area contributed by atoms with Gasteiger partial charge in [-0.05, 0) is 52.7 Å². The van der Waals surface area contributed by atoms with E-state index >= 15 is 0 Å². The van der Waals surface area contributed by atoms with Gasteiger partial charge >= 0.3 is 0 Å². The van der Waals surface area contributed by atoms with E-state index in [1.807, 2.05) is 41.1 Å². The Kier molecular flexibility index (Phi) is 4.56. The van der Waals surface area contributed by atoms with Gasteiger partial charge in [-0.2, -0.15) is 11.3 Å². The van der Waals surface area contributed by atoms with E-state index < -0.39 is 0 Å². The van der Waals surface area contributed by atoms with Crippen molar-refractivity contribution in [1.82, 2.24) is 5.32 Å². The van der Waals surface area contributed by atoms with Crippen LogP contribution in [0.5, 0.6) is 0 Å². The summed E-state index contributed by atoms with van der Waals surface area (Å²) >= 11 is 1.60. The van der Waals surface area contributed by atoms with Crippen molar-refractivity contribution in [3.05, 3.63) is 76.8 Å². The summed E-state index contributed by atoms with van der Waals surface area (Å²) in [5.74, 6) is 1.24. The SMILES string of the molecule is O=C(C=Cc1ccsc1)NCC(c1ccco1)c1ccco1. The first kappa shape index (κ1) is 14.4. The minimum Gasteiger partial charge on any atom is -0.469 e. The van der Waals surface area contributed by atoms with E-state index in [4.69, 9.17) is 8.83 Å². The van der Waals surface area contributed by atoms with Gasteiger partial charge in [0.2, 0.25) is 5.91 Å². The van der Waals surface area contributed by atoms with Gasteiger partial charge in [0.15, 0.2) is 0 Å². The van der Waals surface area contributed by atoms with Crippen molar-refractivity contribution >= 4 is 23.3 Å². The zero-order valence-electron chi connectivity index (χ0n) is 11.8. The monoisotopic (exact) mass is 313 g/mol. The molecule has 3 heterocycles. The van der Waals surface area contributed by atoms with Crippen molar-refractivity contribution in [3.8, 4) is 0 Å². The molecule has 1 amide bonds. The molecule has 0 spiro atoms. The first-order chi connectivity index (χ1) is 10.8. The van der Waals surface area contributed by atoms with E-state index in [1.165, 1.54) is 6.08 Å². The van der Waals surface area contributed by atoms with Crippen LogP contribution in [0.15, 0.2) is 68.5 Å². The average Bonchev–Trinajstić information content (AvgIpc) is 3.27. The predicted molar refractivity (Wildman–Crippen MR) is 85.6 cm³/mol. The van der Waals surface area contributed by atoms with Crippen LogP contribution < -0.4 is 5.32 Å². The van der Waals surface area contributed by atoms with E-state index in [0.717, 1.165) is 17.1 Å². The first-order valence-electron chi connectivity index (χ1n) is 6.88. The van der Waals surface area contributed by atoms with E-state index in [2.05, 4.69) is 5.32 Å². The van der Waals surface area contributed by atoms with Gasteiger partial charge in [-0.25, -0.2) is 0 Å². The Labute approximate surface area is 132 Å². The predicted octanol–water partition coefficient (Wildman–Crippen LogP) is 3.90. The topological polar surface area (TPSA) is 55.4 Å². The van der Waals surface area contributed by atoms with Gasteiger partial charge < -0.3 is 14.2 Å². The first-order valence-corrected chi connectivity index (χ1v) is 7.82. The molecule has 0 atom stereocenters. The third-order valence-corrected chi connectivity index (χ3v) is 3.93. The summed E-state index contributed by atoms with van der Waals surface area (Å²) < 4.78 is 10.9. The number of carbonyl (C=O) groups excluding carboxylic acids is 1. The van der Waals surface area contributed by atoms with Crippen molar-refractivity contribution in [3.63, 3.8) is 0 Å². The molecule has 0 bridgehead atoms. The van der Waals surface area contributed by atoms with Crippen LogP contribution in [0.3, 0.4) is 0 Å². The van der Waals surface area contributed by atoms with Gasteiger partial charge in [0.05, 0.1) is 18.4 Å². The summed E-state index contributed by atoms with van der Waals surface area (Å²) in [7, 11) is 0. The largest absolute Gasteiger partial charge is 0.469 e. The average molecular weight is 313 g/mol. The molecule has 1 N–H and O–H groups in total. The zero-order chi connectivity index (χ0) is 15.2. The molecule has 0 aromatic carbocycles. The van der Waals surface area contributed by atoms with Crippen molar-refractivity contribution in [2.45, 2.75) is 5.92 Å². The lowest BCUT2D eigenvalue weighted by Crippen LogP contribution is -2.27. The Hall–Kier alpha value is -2.53. The second-order valence-electron chi connectivity index (χ2n) is 4.72. The number of hydrogen-bond acceptors (Lipinski definition) is 4. The third kappa shape index (κ3) is 3.56. The van der Waals surface area contributed by atoms with Gasteiger partial charge in [-0.3, -0.25) is 4.79 Å². The molecular formula is C17H15NO3S. The summed E-state index contributed by atoms with van der Waals surface area (Å²) in [6.45, 7) is 0.411. The van der Waals surface area contributed by atoms with Gasteiger partial charge in [0.25, 0.3) is 0 Å². The number of thiophene rings is 1. The number of nitrogens with one attached hydrogen (secondary N) is 1. The molecule has 4 nitrogen and oxygen atoms in total. The minimum absolute atomic E-state index is 0.136. The molecule has 0 saturated carbocycles. The summed E-state index contributed by atoms with van der Waals surface area (Å²) in [5.41, 5.74) is 1.02.